The van der Waals surface area contributed by atoms with E-state index < -0.39 is 0 Å². The van der Waals surface area contributed by atoms with Gasteiger partial charge in [0.25, 0.3) is 0 Å². The number of hydrogen-bond donors (Lipinski definition) is 2. The van der Waals surface area contributed by atoms with Crippen molar-refractivity contribution in [1.29, 1.82) is 0 Å². The monoisotopic (exact) mass is 315 g/mol. The molecule has 3 rings (SSSR count). The number of benzene rings is 1. The van der Waals surface area contributed by atoms with Crippen LogP contribution >= 0.6 is 0 Å². The highest BCUT2D eigenvalue weighted by Crippen LogP contribution is 2.22. The first-order chi connectivity index (χ1) is 11.1. The van der Waals surface area contributed by atoms with Crippen molar-refractivity contribution in [2.75, 3.05) is 13.6 Å². The van der Waals surface area contributed by atoms with Crippen molar-refractivity contribution in [2.24, 2.45) is 0 Å². The van der Waals surface area contributed by atoms with Crippen LogP contribution < -0.4 is 5.69 Å². The molecule has 0 fully saturated rings. The van der Waals surface area contributed by atoms with Crippen LogP contribution in [0.4, 0.5) is 4.39 Å². The zero-order chi connectivity index (χ0) is 16.2. The van der Waals surface area contributed by atoms with Gasteiger partial charge in [-0.05, 0) is 31.3 Å². The van der Waals surface area contributed by atoms with E-state index in [9.17, 15) is 9.18 Å². The number of aromatic amines is 2. The number of hydrogen-bond acceptors (Lipinski definition) is 3. The van der Waals surface area contributed by atoms with Gasteiger partial charge in [-0.1, -0.05) is 0 Å². The van der Waals surface area contributed by atoms with E-state index in [1.807, 2.05) is 7.05 Å². The predicted molar refractivity (Wildman–Crippen MR) is 85.4 cm³/mol. The summed E-state index contributed by atoms with van der Waals surface area (Å²) in [5.41, 5.74) is 2.71. The summed E-state index contributed by atoms with van der Waals surface area (Å²) in [4.78, 5) is 16.2. The van der Waals surface area contributed by atoms with Crippen LogP contribution in [0.1, 0.15) is 5.56 Å². The lowest BCUT2D eigenvalue weighted by Crippen LogP contribution is -2.26. The summed E-state index contributed by atoms with van der Waals surface area (Å²) in [6, 6.07) is 6.32. The van der Waals surface area contributed by atoms with E-state index in [0.717, 1.165) is 23.4 Å². The Morgan fingerprint density at radius 1 is 1.30 bits per heavy atom. The van der Waals surface area contributed by atoms with E-state index in [0.29, 0.717) is 13.1 Å². The quantitative estimate of drug-likeness (QED) is 0.729. The van der Waals surface area contributed by atoms with Crippen LogP contribution in [0.2, 0.25) is 0 Å². The molecule has 0 bridgehead atoms. The van der Waals surface area contributed by atoms with Crippen LogP contribution in [0.15, 0.2) is 47.7 Å². The summed E-state index contributed by atoms with van der Waals surface area (Å²) in [6.07, 6.45) is 5.14. The smallest absolute Gasteiger partial charge is 0.313 e. The summed E-state index contributed by atoms with van der Waals surface area (Å²) >= 11 is 0. The first-order valence-corrected chi connectivity index (χ1v) is 7.34. The summed E-state index contributed by atoms with van der Waals surface area (Å²) in [5.74, 6) is -0.260. The summed E-state index contributed by atoms with van der Waals surface area (Å²) in [5, 5.41) is 7.06. The molecular formula is C16H18FN5O. The van der Waals surface area contributed by atoms with Crippen molar-refractivity contribution >= 4 is 0 Å². The molecule has 23 heavy (non-hydrogen) atoms. The SMILES string of the molecule is CN(CCn1cc[nH]c1=O)Cc1cn[nH]c1-c1ccc(F)cc1. The molecule has 7 heteroatoms. The summed E-state index contributed by atoms with van der Waals surface area (Å²) < 4.78 is 14.7. The van der Waals surface area contributed by atoms with E-state index in [1.54, 1.807) is 35.3 Å². The molecule has 0 atom stereocenters. The number of aromatic nitrogens is 4. The van der Waals surface area contributed by atoms with Crippen LogP contribution in [0.5, 0.6) is 0 Å². The third-order valence-corrected chi connectivity index (χ3v) is 3.74. The Balaban J connectivity index is 1.66. The fraction of sp³-hybridized carbons (Fsp3) is 0.250. The highest BCUT2D eigenvalue weighted by atomic mass is 19.1. The second kappa shape index (κ2) is 6.62. The maximum atomic E-state index is 13.0. The third-order valence-electron chi connectivity index (χ3n) is 3.74. The van der Waals surface area contributed by atoms with Crippen LogP contribution in [-0.2, 0) is 13.1 Å². The van der Waals surface area contributed by atoms with Crippen LogP contribution in [-0.4, -0.2) is 38.2 Å². The topological polar surface area (TPSA) is 69.7 Å². The Kier molecular flexibility index (Phi) is 4.38. The van der Waals surface area contributed by atoms with E-state index in [-0.39, 0.29) is 11.5 Å². The van der Waals surface area contributed by atoms with E-state index >= 15 is 0 Å². The Bertz CT molecular complexity index is 817. The largest absolute Gasteiger partial charge is 0.325 e. The Labute approximate surface area is 132 Å². The minimum atomic E-state index is -0.260. The molecule has 0 amide bonds. The van der Waals surface area contributed by atoms with Crippen LogP contribution in [0, 0.1) is 5.82 Å². The molecule has 120 valence electrons. The lowest BCUT2D eigenvalue weighted by molar-refractivity contribution is 0.310. The highest BCUT2D eigenvalue weighted by molar-refractivity contribution is 5.62. The average Bonchev–Trinajstić information content (AvgIpc) is 3.15. The van der Waals surface area contributed by atoms with Gasteiger partial charge in [0.2, 0.25) is 0 Å². The first-order valence-electron chi connectivity index (χ1n) is 7.34. The lowest BCUT2D eigenvalue weighted by atomic mass is 10.1. The van der Waals surface area contributed by atoms with Crippen molar-refractivity contribution < 1.29 is 4.39 Å². The molecule has 2 aromatic heterocycles. The fourth-order valence-corrected chi connectivity index (χ4v) is 2.47. The molecule has 2 N–H and O–H groups in total. The van der Waals surface area contributed by atoms with Gasteiger partial charge in [-0.25, -0.2) is 9.18 Å². The molecule has 0 radical (unpaired) electrons. The van der Waals surface area contributed by atoms with E-state index in [4.69, 9.17) is 0 Å². The maximum absolute atomic E-state index is 13.0. The van der Waals surface area contributed by atoms with Crippen molar-refractivity contribution in [3.63, 3.8) is 0 Å². The summed E-state index contributed by atoms with van der Waals surface area (Å²) in [6.45, 7) is 2.02. The first kappa shape index (κ1) is 15.2. The molecule has 2 heterocycles. The predicted octanol–water partition coefficient (Wildman–Crippen LogP) is 1.84. The number of imidazole rings is 1. The number of halogens is 1. The van der Waals surface area contributed by atoms with Gasteiger partial charge >= 0.3 is 5.69 Å². The molecule has 6 nitrogen and oxygen atoms in total. The van der Waals surface area contributed by atoms with Gasteiger partial charge in [-0.15, -0.1) is 0 Å². The molecule has 0 aliphatic carbocycles. The van der Waals surface area contributed by atoms with Crippen molar-refractivity contribution in [1.82, 2.24) is 24.6 Å². The molecule has 0 saturated heterocycles. The average molecular weight is 315 g/mol. The van der Waals surface area contributed by atoms with Crippen LogP contribution in [0.25, 0.3) is 11.3 Å². The number of rotatable bonds is 6. The van der Waals surface area contributed by atoms with Crippen molar-refractivity contribution in [3.8, 4) is 11.3 Å². The molecule has 0 saturated carbocycles. The molecule has 3 aromatic rings. The summed E-state index contributed by atoms with van der Waals surface area (Å²) in [7, 11) is 1.99. The number of nitrogens with one attached hydrogen (secondary N) is 2. The minimum absolute atomic E-state index is 0.103. The molecule has 0 unspecified atom stereocenters. The lowest BCUT2D eigenvalue weighted by Gasteiger charge is -2.16. The van der Waals surface area contributed by atoms with Crippen LogP contribution in [0.3, 0.4) is 0 Å². The minimum Gasteiger partial charge on any atom is -0.313 e. The Hall–Kier alpha value is -2.67. The van der Waals surface area contributed by atoms with Gasteiger partial charge in [0.05, 0.1) is 11.9 Å². The Morgan fingerprint density at radius 3 is 2.78 bits per heavy atom. The zero-order valence-corrected chi connectivity index (χ0v) is 12.8. The van der Waals surface area contributed by atoms with Gasteiger partial charge in [0.1, 0.15) is 5.82 Å². The van der Waals surface area contributed by atoms with Gasteiger partial charge in [-0.2, -0.15) is 5.10 Å². The van der Waals surface area contributed by atoms with Gasteiger partial charge in [0.15, 0.2) is 0 Å². The molecule has 0 spiro atoms. The standard InChI is InChI=1S/C16H18FN5O/c1-21(8-9-22-7-6-18-16(22)23)11-13-10-19-20-15(13)12-2-4-14(17)5-3-12/h2-7,10H,8-9,11H2,1H3,(H,18,23)(H,19,20). The second-order valence-electron chi connectivity index (χ2n) is 5.47. The number of nitrogens with zero attached hydrogens (tertiary/aromatic N) is 3. The molecule has 0 aliphatic rings. The molecular weight excluding hydrogens is 297 g/mol. The fourth-order valence-electron chi connectivity index (χ4n) is 2.47. The number of H-pyrrole nitrogens is 2. The zero-order valence-electron chi connectivity index (χ0n) is 12.8. The van der Waals surface area contributed by atoms with Gasteiger partial charge in [-0.3, -0.25) is 9.67 Å². The van der Waals surface area contributed by atoms with Gasteiger partial charge < -0.3 is 9.88 Å². The Morgan fingerprint density at radius 2 is 2.09 bits per heavy atom. The second-order valence-corrected chi connectivity index (χ2v) is 5.47. The normalized spacial score (nSPS) is 11.3. The third kappa shape index (κ3) is 3.57. The number of likely N-dealkylation sites (N-methyl/N-ethyl adjacent to an activating group) is 1. The molecule has 1 aromatic carbocycles. The maximum Gasteiger partial charge on any atom is 0.325 e. The molecule has 0 aliphatic heterocycles. The van der Waals surface area contributed by atoms with E-state index in [2.05, 4.69) is 20.1 Å². The highest BCUT2D eigenvalue weighted by Gasteiger charge is 2.10. The van der Waals surface area contributed by atoms with E-state index in [1.165, 1.54) is 12.1 Å². The van der Waals surface area contributed by atoms with Crippen molar-refractivity contribution in [3.05, 3.63) is 64.7 Å². The van der Waals surface area contributed by atoms with Gasteiger partial charge in [0, 0.05) is 43.2 Å². The van der Waals surface area contributed by atoms with Crippen molar-refractivity contribution in [2.45, 2.75) is 13.1 Å².